The van der Waals surface area contributed by atoms with Crippen LogP contribution in [0.1, 0.15) is 6.92 Å². The fourth-order valence-electron chi connectivity index (χ4n) is 4.27. The molecular formula is C25H27ClN6O. The lowest BCUT2D eigenvalue weighted by Crippen LogP contribution is -2.48. The van der Waals surface area contributed by atoms with Crippen molar-refractivity contribution in [2.45, 2.75) is 13.0 Å². The van der Waals surface area contributed by atoms with Gasteiger partial charge in [-0.2, -0.15) is 0 Å². The van der Waals surface area contributed by atoms with Crippen LogP contribution < -0.4 is 10.2 Å². The lowest BCUT2D eigenvalue weighted by atomic mass is 10.2. The molecule has 4 aromatic rings. The van der Waals surface area contributed by atoms with E-state index < -0.39 is 0 Å². The van der Waals surface area contributed by atoms with Crippen molar-refractivity contribution in [3.05, 3.63) is 71.9 Å². The zero-order valence-corrected chi connectivity index (χ0v) is 19.3. The van der Waals surface area contributed by atoms with Gasteiger partial charge in [0.1, 0.15) is 0 Å². The Labute approximate surface area is 198 Å². The highest BCUT2D eigenvalue weighted by Crippen LogP contribution is 2.26. The summed E-state index contributed by atoms with van der Waals surface area (Å²) in [6.07, 6.45) is 1.53. The lowest BCUT2D eigenvalue weighted by molar-refractivity contribution is 0.123. The summed E-state index contributed by atoms with van der Waals surface area (Å²) in [4.78, 5) is 9.15. The molecule has 3 heterocycles. The first kappa shape index (κ1) is 21.7. The van der Waals surface area contributed by atoms with Gasteiger partial charge in [0.15, 0.2) is 0 Å². The molecule has 1 aliphatic rings. The second-order valence-corrected chi connectivity index (χ2v) is 8.89. The number of rotatable bonds is 6. The number of anilines is 3. The van der Waals surface area contributed by atoms with Gasteiger partial charge in [-0.15, -0.1) is 5.10 Å². The maximum Gasteiger partial charge on any atom is 0.245 e. The number of aliphatic hydroxyl groups excluding tert-OH is 1. The number of halogens is 1. The normalized spacial score (nSPS) is 15.7. The molecule has 1 fully saturated rings. The molecule has 2 aromatic heterocycles. The molecule has 170 valence electrons. The van der Waals surface area contributed by atoms with Crippen molar-refractivity contribution in [3.8, 4) is 11.3 Å². The molecule has 1 aliphatic heterocycles. The summed E-state index contributed by atoms with van der Waals surface area (Å²) in [5, 5.41) is 18.3. The monoisotopic (exact) mass is 462 g/mol. The number of nitrogens with zero attached hydrogens (tertiary/aromatic N) is 5. The molecule has 1 saturated heterocycles. The van der Waals surface area contributed by atoms with Gasteiger partial charge in [-0.05, 0) is 55.5 Å². The molecule has 0 spiro atoms. The summed E-state index contributed by atoms with van der Waals surface area (Å²) in [6, 6.07) is 20.1. The summed E-state index contributed by atoms with van der Waals surface area (Å²) < 4.78 is 1.88. The summed E-state index contributed by atoms with van der Waals surface area (Å²) in [5.74, 6) is 0.529. The van der Waals surface area contributed by atoms with Gasteiger partial charge in [0.25, 0.3) is 0 Å². The van der Waals surface area contributed by atoms with Crippen molar-refractivity contribution in [1.82, 2.24) is 19.5 Å². The SMILES string of the molecule is CC(O)CN1CCN(c2ccc(Nc3ncc4ccc(-c5cccc(Cl)c5)n4n3)cc2)CC1. The first-order chi connectivity index (χ1) is 16.0. The predicted octanol–water partition coefficient (Wildman–Crippen LogP) is 4.30. The third kappa shape index (κ3) is 4.95. The third-order valence-corrected chi connectivity index (χ3v) is 6.14. The second-order valence-electron chi connectivity index (χ2n) is 8.46. The average Bonchev–Trinajstić information content (AvgIpc) is 3.23. The van der Waals surface area contributed by atoms with Crippen LogP contribution in [0, 0.1) is 0 Å². The molecule has 0 aliphatic carbocycles. The fourth-order valence-corrected chi connectivity index (χ4v) is 4.46. The molecule has 0 radical (unpaired) electrons. The maximum atomic E-state index is 9.59. The van der Waals surface area contributed by atoms with Crippen molar-refractivity contribution in [3.63, 3.8) is 0 Å². The summed E-state index contributed by atoms with van der Waals surface area (Å²) in [6.45, 7) is 6.42. The molecule has 8 heteroatoms. The summed E-state index contributed by atoms with van der Waals surface area (Å²) >= 11 is 6.18. The lowest BCUT2D eigenvalue weighted by Gasteiger charge is -2.36. The molecule has 7 nitrogen and oxygen atoms in total. The number of hydrogen-bond donors (Lipinski definition) is 2. The number of β-amino-alcohol motifs (C(OH)–C–C–N with tert-alkyl or cyclic N) is 1. The standard InChI is InChI=1S/C25H27ClN6O/c1-18(33)17-30-11-13-31(14-12-30)22-7-5-21(6-8-22)28-25-27-16-23-9-10-24(32(23)29-25)19-3-2-4-20(26)15-19/h2-10,15-16,18,33H,11-14,17H2,1H3,(H,28,29). The molecule has 33 heavy (non-hydrogen) atoms. The van der Waals surface area contributed by atoms with Crippen LogP contribution in [0.25, 0.3) is 16.8 Å². The molecule has 0 amide bonds. The second kappa shape index (κ2) is 9.39. The van der Waals surface area contributed by atoms with Gasteiger partial charge in [0, 0.05) is 54.7 Å². The Morgan fingerprint density at radius 3 is 2.55 bits per heavy atom. The minimum absolute atomic E-state index is 0.281. The van der Waals surface area contributed by atoms with Gasteiger partial charge < -0.3 is 15.3 Å². The van der Waals surface area contributed by atoms with Gasteiger partial charge in [-0.25, -0.2) is 9.50 Å². The van der Waals surface area contributed by atoms with Crippen LogP contribution in [-0.4, -0.2) is 63.4 Å². The number of piperazine rings is 1. The van der Waals surface area contributed by atoms with Crippen LogP contribution in [0.15, 0.2) is 66.9 Å². The maximum absolute atomic E-state index is 9.59. The van der Waals surface area contributed by atoms with E-state index in [2.05, 4.69) is 44.4 Å². The molecule has 1 unspecified atom stereocenters. The number of benzene rings is 2. The van der Waals surface area contributed by atoms with Gasteiger partial charge >= 0.3 is 0 Å². The van der Waals surface area contributed by atoms with E-state index in [0.29, 0.717) is 11.0 Å². The van der Waals surface area contributed by atoms with Crippen molar-refractivity contribution in [2.75, 3.05) is 42.9 Å². The first-order valence-corrected chi connectivity index (χ1v) is 11.6. The van der Waals surface area contributed by atoms with E-state index in [0.717, 1.165) is 55.2 Å². The van der Waals surface area contributed by atoms with E-state index in [9.17, 15) is 5.11 Å². The Morgan fingerprint density at radius 1 is 1.03 bits per heavy atom. The highest BCUT2D eigenvalue weighted by molar-refractivity contribution is 6.30. The quantitative estimate of drug-likeness (QED) is 0.445. The number of aromatic nitrogens is 3. The van der Waals surface area contributed by atoms with Crippen LogP contribution in [-0.2, 0) is 0 Å². The number of hydrogen-bond acceptors (Lipinski definition) is 6. The first-order valence-electron chi connectivity index (χ1n) is 11.2. The Kier molecular flexibility index (Phi) is 6.17. The number of fused-ring (bicyclic) bond motifs is 1. The summed E-state index contributed by atoms with van der Waals surface area (Å²) in [7, 11) is 0. The van der Waals surface area contributed by atoms with Gasteiger partial charge in [-0.3, -0.25) is 4.90 Å². The third-order valence-electron chi connectivity index (χ3n) is 5.90. The van der Waals surface area contributed by atoms with E-state index in [1.54, 1.807) is 0 Å². The number of aliphatic hydroxyl groups is 1. The van der Waals surface area contributed by atoms with Gasteiger partial charge in [0.2, 0.25) is 5.95 Å². The molecule has 1 atom stereocenters. The van der Waals surface area contributed by atoms with Crippen molar-refractivity contribution >= 4 is 34.4 Å². The smallest absolute Gasteiger partial charge is 0.245 e. The van der Waals surface area contributed by atoms with E-state index >= 15 is 0 Å². The van der Waals surface area contributed by atoms with Gasteiger partial charge in [0.05, 0.1) is 23.5 Å². The largest absolute Gasteiger partial charge is 0.392 e. The van der Waals surface area contributed by atoms with Crippen molar-refractivity contribution in [2.24, 2.45) is 0 Å². The zero-order valence-electron chi connectivity index (χ0n) is 18.5. The van der Waals surface area contributed by atoms with Crippen LogP contribution in [0.2, 0.25) is 5.02 Å². The minimum Gasteiger partial charge on any atom is -0.392 e. The predicted molar refractivity (Wildman–Crippen MR) is 133 cm³/mol. The highest BCUT2D eigenvalue weighted by atomic mass is 35.5. The Bertz CT molecular complexity index is 1230. The fraction of sp³-hybridized carbons (Fsp3) is 0.280. The highest BCUT2D eigenvalue weighted by Gasteiger charge is 2.18. The molecule has 2 aromatic carbocycles. The van der Waals surface area contributed by atoms with Gasteiger partial charge in [-0.1, -0.05) is 23.7 Å². The summed E-state index contributed by atoms with van der Waals surface area (Å²) in [5.41, 5.74) is 5.01. The molecule has 2 N–H and O–H groups in total. The van der Waals surface area contributed by atoms with E-state index in [1.165, 1.54) is 5.69 Å². The Hall–Kier alpha value is -3.13. The Balaban J connectivity index is 1.29. The van der Waals surface area contributed by atoms with E-state index in [-0.39, 0.29) is 6.10 Å². The average molecular weight is 463 g/mol. The number of nitrogens with one attached hydrogen (secondary N) is 1. The zero-order chi connectivity index (χ0) is 22.8. The molecular weight excluding hydrogens is 436 g/mol. The van der Waals surface area contributed by atoms with Crippen LogP contribution >= 0.6 is 11.6 Å². The molecule has 0 saturated carbocycles. The van der Waals surface area contributed by atoms with E-state index in [1.807, 2.05) is 54.0 Å². The van der Waals surface area contributed by atoms with E-state index in [4.69, 9.17) is 16.7 Å². The van der Waals surface area contributed by atoms with Crippen molar-refractivity contribution in [1.29, 1.82) is 0 Å². The molecule has 0 bridgehead atoms. The van der Waals surface area contributed by atoms with Crippen LogP contribution in [0.3, 0.4) is 0 Å². The van der Waals surface area contributed by atoms with Crippen LogP contribution in [0.5, 0.6) is 0 Å². The minimum atomic E-state index is -0.281. The Morgan fingerprint density at radius 2 is 1.82 bits per heavy atom. The molecule has 5 rings (SSSR count). The van der Waals surface area contributed by atoms with Crippen LogP contribution in [0.4, 0.5) is 17.3 Å². The van der Waals surface area contributed by atoms with Crippen molar-refractivity contribution < 1.29 is 5.11 Å². The topological polar surface area (TPSA) is 68.9 Å².